The average Bonchev–Trinajstić information content (AvgIpc) is 3.19. The van der Waals surface area contributed by atoms with Gasteiger partial charge in [-0.1, -0.05) is 17.7 Å². The van der Waals surface area contributed by atoms with Crippen LogP contribution in [0, 0.1) is 0 Å². The lowest BCUT2D eigenvalue weighted by Crippen LogP contribution is -2.14. The fourth-order valence-corrected chi connectivity index (χ4v) is 3.21. The molecule has 0 amide bonds. The van der Waals surface area contributed by atoms with E-state index in [-0.39, 0.29) is 38.8 Å². The minimum absolute atomic E-state index is 0.0109. The minimum Gasteiger partial charge on any atom is -0.478 e. The Bertz CT molecular complexity index is 1240. The van der Waals surface area contributed by atoms with E-state index in [0.29, 0.717) is 15.6 Å². The lowest BCUT2D eigenvalue weighted by molar-refractivity contribution is 0.00323. The number of anilines is 1. The zero-order valence-corrected chi connectivity index (χ0v) is 14.5. The summed E-state index contributed by atoms with van der Waals surface area (Å²) in [7, 11) is 0. The van der Waals surface area contributed by atoms with Gasteiger partial charge < -0.3 is 15.8 Å². The quantitative estimate of drug-likeness (QED) is 0.472. The second-order valence-corrected chi connectivity index (χ2v) is 6.22. The average molecular weight is 411 g/mol. The van der Waals surface area contributed by atoms with E-state index in [9.17, 15) is 18.0 Å². The van der Waals surface area contributed by atoms with Gasteiger partial charge in [0.25, 0.3) is 12.7 Å². The standard InChI is InChI=1S/C16H10ClF3N6O2/c17-9-6-2-1-5(16(27)28)3-7(6)24-11(9)10-8-14(21)22-4-23-15(8)26(25-10)13(20)12(18)19/h1-4,12-13,24H,(H,27,28)(H2,21,22,23). The molecule has 4 rings (SSSR count). The summed E-state index contributed by atoms with van der Waals surface area (Å²) in [6.45, 7) is 0. The number of aromatic amines is 1. The van der Waals surface area contributed by atoms with Crippen molar-refractivity contribution in [2.45, 2.75) is 12.7 Å². The highest BCUT2D eigenvalue weighted by molar-refractivity contribution is 6.38. The van der Waals surface area contributed by atoms with Crippen molar-refractivity contribution >= 4 is 45.3 Å². The first kappa shape index (κ1) is 18.0. The second-order valence-electron chi connectivity index (χ2n) is 5.84. The van der Waals surface area contributed by atoms with Crippen molar-refractivity contribution in [3.8, 4) is 11.4 Å². The van der Waals surface area contributed by atoms with Gasteiger partial charge in [0, 0.05) is 10.9 Å². The number of aromatic carboxylic acids is 1. The third-order valence-corrected chi connectivity index (χ3v) is 4.57. The Morgan fingerprint density at radius 1 is 1.29 bits per heavy atom. The van der Waals surface area contributed by atoms with Gasteiger partial charge in [-0.25, -0.2) is 32.6 Å². The number of hydrogen-bond donors (Lipinski definition) is 3. The number of carbonyl (C=O) groups is 1. The fourth-order valence-electron chi connectivity index (χ4n) is 2.91. The molecule has 0 spiro atoms. The van der Waals surface area contributed by atoms with Crippen molar-refractivity contribution in [3.63, 3.8) is 0 Å². The summed E-state index contributed by atoms with van der Waals surface area (Å²) in [5.41, 5.74) is 6.10. The van der Waals surface area contributed by atoms with Crippen LogP contribution in [0.25, 0.3) is 33.3 Å². The van der Waals surface area contributed by atoms with Crippen LogP contribution in [0.2, 0.25) is 5.02 Å². The van der Waals surface area contributed by atoms with Crippen LogP contribution in [0.5, 0.6) is 0 Å². The molecule has 0 bridgehead atoms. The van der Waals surface area contributed by atoms with Crippen molar-refractivity contribution in [1.29, 1.82) is 0 Å². The Labute approximate surface area is 158 Å². The number of nitrogen functional groups attached to an aromatic ring is 1. The second kappa shape index (κ2) is 6.37. The third kappa shape index (κ3) is 2.62. The third-order valence-electron chi connectivity index (χ3n) is 4.18. The normalized spacial score (nSPS) is 12.9. The molecule has 8 nitrogen and oxygen atoms in total. The highest BCUT2D eigenvalue weighted by atomic mass is 35.5. The maximum atomic E-state index is 14.0. The van der Waals surface area contributed by atoms with Crippen LogP contribution in [0.4, 0.5) is 19.0 Å². The van der Waals surface area contributed by atoms with Gasteiger partial charge >= 0.3 is 5.97 Å². The number of nitrogens with one attached hydrogen (secondary N) is 1. The molecule has 1 aromatic carbocycles. The number of hydrogen-bond acceptors (Lipinski definition) is 5. The minimum atomic E-state index is -3.34. The number of alkyl halides is 3. The van der Waals surface area contributed by atoms with Crippen LogP contribution >= 0.6 is 11.6 Å². The molecule has 12 heteroatoms. The number of aromatic nitrogens is 5. The molecule has 0 aliphatic rings. The summed E-state index contributed by atoms with van der Waals surface area (Å²) in [6.07, 6.45) is -5.10. The number of carboxylic acids is 1. The molecule has 0 aliphatic heterocycles. The molecule has 4 N–H and O–H groups in total. The number of benzene rings is 1. The van der Waals surface area contributed by atoms with E-state index >= 15 is 0 Å². The Morgan fingerprint density at radius 3 is 2.71 bits per heavy atom. The van der Waals surface area contributed by atoms with Crippen LogP contribution in [-0.4, -0.2) is 42.2 Å². The molecule has 144 valence electrons. The molecule has 0 radical (unpaired) electrons. The van der Waals surface area contributed by atoms with Crippen LogP contribution in [-0.2, 0) is 0 Å². The summed E-state index contributed by atoms with van der Waals surface area (Å²) in [6, 6.07) is 4.19. The Hall–Kier alpha value is -3.34. The van der Waals surface area contributed by atoms with Gasteiger partial charge in [-0.05, 0) is 12.1 Å². The van der Waals surface area contributed by atoms with Gasteiger partial charge in [-0.3, -0.25) is 0 Å². The molecule has 0 fully saturated rings. The van der Waals surface area contributed by atoms with E-state index in [2.05, 4.69) is 20.1 Å². The van der Waals surface area contributed by atoms with Crippen LogP contribution in [0.1, 0.15) is 16.7 Å². The van der Waals surface area contributed by atoms with Crippen molar-refractivity contribution in [1.82, 2.24) is 24.7 Å². The zero-order chi connectivity index (χ0) is 20.2. The van der Waals surface area contributed by atoms with Crippen LogP contribution in [0.15, 0.2) is 24.5 Å². The maximum absolute atomic E-state index is 14.0. The molecule has 0 aliphatic carbocycles. The van der Waals surface area contributed by atoms with E-state index in [1.54, 1.807) is 0 Å². The Morgan fingerprint density at radius 2 is 2.04 bits per heavy atom. The highest BCUT2D eigenvalue weighted by Gasteiger charge is 2.29. The molecule has 3 aromatic heterocycles. The number of carboxylic acid groups (broad SMARTS) is 1. The Balaban J connectivity index is 2.01. The summed E-state index contributed by atoms with van der Waals surface area (Å²) >= 11 is 6.38. The molecular weight excluding hydrogens is 401 g/mol. The van der Waals surface area contributed by atoms with Crippen molar-refractivity contribution in [3.05, 3.63) is 35.1 Å². The summed E-state index contributed by atoms with van der Waals surface area (Å²) in [5, 5.41) is 13.7. The van der Waals surface area contributed by atoms with Gasteiger partial charge in [-0.15, -0.1) is 0 Å². The van der Waals surface area contributed by atoms with Crippen LogP contribution in [0.3, 0.4) is 0 Å². The van der Waals surface area contributed by atoms with Crippen molar-refractivity contribution in [2.75, 3.05) is 5.73 Å². The first-order valence-corrected chi connectivity index (χ1v) is 8.13. The number of rotatable bonds is 4. The van der Waals surface area contributed by atoms with E-state index < -0.39 is 18.7 Å². The monoisotopic (exact) mass is 410 g/mol. The fraction of sp³-hybridized carbons (Fsp3) is 0.125. The van der Waals surface area contributed by atoms with Gasteiger partial charge in [0.05, 0.1) is 21.7 Å². The number of halogens is 4. The predicted octanol–water partition coefficient (Wildman–Crippen LogP) is 3.64. The summed E-state index contributed by atoms with van der Waals surface area (Å²) < 4.78 is 40.3. The molecular formula is C16H10ClF3N6O2. The maximum Gasteiger partial charge on any atom is 0.335 e. The number of nitrogens with two attached hydrogens (primary N) is 1. The van der Waals surface area contributed by atoms with Crippen molar-refractivity contribution < 1.29 is 23.1 Å². The smallest absolute Gasteiger partial charge is 0.335 e. The molecule has 0 saturated heterocycles. The highest BCUT2D eigenvalue weighted by Crippen LogP contribution is 2.39. The van der Waals surface area contributed by atoms with Crippen LogP contribution < -0.4 is 5.73 Å². The largest absolute Gasteiger partial charge is 0.478 e. The topological polar surface area (TPSA) is 123 Å². The van der Waals surface area contributed by atoms with Gasteiger partial charge in [0.15, 0.2) is 5.65 Å². The molecule has 1 atom stereocenters. The van der Waals surface area contributed by atoms with Gasteiger partial charge in [0.1, 0.15) is 17.8 Å². The zero-order valence-electron chi connectivity index (χ0n) is 13.7. The number of fused-ring (bicyclic) bond motifs is 2. The van der Waals surface area contributed by atoms with E-state index in [4.69, 9.17) is 22.4 Å². The first-order chi connectivity index (χ1) is 13.3. The number of nitrogens with zero attached hydrogens (tertiary/aromatic N) is 4. The molecule has 28 heavy (non-hydrogen) atoms. The number of H-pyrrole nitrogens is 1. The predicted molar refractivity (Wildman–Crippen MR) is 95.1 cm³/mol. The van der Waals surface area contributed by atoms with E-state index in [1.807, 2.05) is 0 Å². The van der Waals surface area contributed by atoms with Crippen molar-refractivity contribution in [2.24, 2.45) is 0 Å². The summed E-state index contributed by atoms with van der Waals surface area (Å²) in [5.74, 6) is -1.24. The first-order valence-electron chi connectivity index (χ1n) is 7.75. The Kier molecular flexibility index (Phi) is 4.11. The van der Waals surface area contributed by atoms with Gasteiger partial charge in [-0.2, -0.15) is 5.10 Å². The lowest BCUT2D eigenvalue weighted by Gasteiger charge is -2.07. The molecule has 0 saturated carbocycles. The van der Waals surface area contributed by atoms with E-state index in [1.165, 1.54) is 18.2 Å². The molecule has 4 aromatic rings. The summed E-state index contributed by atoms with van der Waals surface area (Å²) in [4.78, 5) is 21.7. The molecule has 1 unspecified atom stereocenters. The molecule has 3 heterocycles. The lowest BCUT2D eigenvalue weighted by atomic mass is 10.1. The van der Waals surface area contributed by atoms with E-state index in [0.717, 1.165) is 6.33 Å². The van der Waals surface area contributed by atoms with Gasteiger partial charge in [0.2, 0.25) is 0 Å². The SMILES string of the molecule is Nc1ncnc2c1c(-c1[nH]c3cc(C(=O)O)ccc3c1Cl)nn2C(F)C(F)F.